The number of fused-ring (bicyclic) bond motifs is 2. The van der Waals surface area contributed by atoms with Crippen LogP contribution in [0.2, 0.25) is 5.02 Å². The van der Waals surface area contributed by atoms with Crippen molar-refractivity contribution in [2.75, 3.05) is 18.5 Å². The molecule has 0 bridgehead atoms. The zero-order valence-electron chi connectivity index (χ0n) is 13.4. The van der Waals surface area contributed by atoms with E-state index < -0.39 is 4.92 Å². The van der Waals surface area contributed by atoms with E-state index in [-0.39, 0.29) is 10.7 Å². The van der Waals surface area contributed by atoms with Crippen molar-refractivity contribution in [3.05, 3.63) is 57.4 Å². The Kier molecular flexibility index (Phi) is 4.18. The lowest BCUT2D eigenvalue weighted by Gasteiger charge is -2.19. The van der Waals surface area contributed by atoms with Crippen molar-refractivity contribution in [2.24, 2.45) is 0 Å². The molecule has 0 spiro atoms. The molecule has 1 aromatic heterocycles. The van der Waals surface area contributed by atoms with Gasteiger partial charge in [0.15, 0.2) is 11.5 Å². The van der Waals surface area contributed by atoms with Gasteiger partial charge in [-0.05, 0) is 23.8 Å². The van der Waals surface area contributed by atoms with E-state index in [1.807, 2.05) is 18.2 Å². The van der Waals surface area contributed by atoms with Crippen molar-refractivity contribution in [3.63, 3.8) is 0 Å². The molecule has 0 fully saturated rings. The van der Waals surface area contributed by atoms with Gasteiger partial charge in [-0.25, -0.2) is 9.97 Å². The summed E-state index contributed by atoms with van der Waals surface area (Å²) in [4.78, 5) is 18.9. The fraction of sp³-hybridized carbons (Fsp3) is 0.176. The second-order valence-electron chi connectivity index (χ2n) is 5.63. The lowest BCUT2D eigenvalue weighted by atomic mass is 10.1. The van der Waals surface area contributed by atoms with Gasteiger partial charge in [0.05, 0.1) is 10.4 Å². The van der Waals surface area contributed by atoms with Gasteiger partial charge in [-0.2, -0.15) is 0 Å². The molecule has 0 atom stereocenters. The number of hydrogen-bond donors (Lipinski definition) is 1. The first kappa shape index (κ1) is 16.3. The number of anilines is 1. The van der Waals surface area contributed by atoms with E-state index in [9.17, 15) is 10.1 Å². The molecule has 0 saturated carbocycles. The number of hydrogen-bond acceptors (Lipinski definition) is 7. The average molecular weight is 373 g/mol. The van der Waals surface area contributed by atoms with Crippen LogP contribution in [0, 0.1) is 10.1 Å². The normalized spacial score (nSPS) is 12.8. The number of rotatable bonds is 4. The van der Waals surface area contributed by atoms with E-state index in [1.165, 1.54) is 18.5 Å². The summed E-state index contributed by atoms with van der Waals surface area (Å²) < 4.78 is 11.1. The summed E-state index contributed by atoms with van der Waals surface area (Å²) in [5.74, 6) is 1.91. The summed E-state index contributed by atoms with van der Waals surface area (Å²) in [6, 6.07) is 8.51. The van der Waals surface area contributed by atoms with Crippen molar-refractivity contribution in [1.82, 2.24) is 9.97 Å². The highest BCUT2D eigenvalue weighted by molar-refractivity contribution is 6.33. The van der Waals surface area contributed by atoms with Crippen molar-refractivity contribution < 1.29 is 14.4 Å². The van der Waals surface area contributed by atoms with Crippen LogP contribution in [0.5, 0.6) is 11.5 Å². The maximum Gasteiger partial charge on any atom is 0.288 e. The highest BCUT2D eigenvalue weighted by Crippen LogP contribution is 2.33. The molecule has 1 N–H and O–H groups in total. The van der Waals surface area contributed by atoms with Crippen molar-refractivity contribution in [1.29, 1.82) is 0 Å². The molecule has 2 aromatic carbocycles. The fourth-order valence-corrected chi connectivity index (χ4v) is 2.96. The third kappa shape index (κ3) is 3.06. The monoisotopic (exact) mass is 372 g/mol. The van der Waals surface area contributed by atoms with Gasteiger partial charge in [-0.3, -0.25) is 10.1 Å². The molecule has 0 saturated heterocycles. The summed E-state index contributed by atoms with van der Waals surface area (Å²) in [6.45, 7) is 1.52. The first-order chi connectivity index (χ1) is 12.6. The van der Waals surface area contributed by atoms with Crippen LogP contribution in [0.4, 0.5) is 11.5 Å². The largest absolute Gasteiger partial charge is 0.486 e. The number of nitrogens with zero attached hydrogens (tertiary/aromatic N) is 3. The molecule has 1 aliphatic rings. The Bertz CT molecular complexity index is 1010. The van der Waals surface area contributed by atoms with Gasteiger partial charge < -0.3 is 14.8 Å². The highest BCUT2D eigenvalue weighted by atomic mass is 35.5. The van der Waals surface area contributed by atoms with E-state index in [2.05, 4.69) is 15.3 Å². The predicted octanol–water partition coefficient (Wildman–Crippen LogP) is 3.57. The van der Waals surface area contributed by atoms with Gasteiger partial charge >= 0.3 is 0 Å². The minimum Gasteiger partial charge on any atom is -0.486 e. The second-order valence-corrected chi connectivity index (χ2v) is 6.04. The second kappa shape index (κ2) is 6.64. The minimum absolute atomic E-state index is 0.0407. The highest BCUT2D eigenvalue weighted by Gasteiger charge is 2.17. The summed E-state index contributed by atoms with van der Waals surface area (Å²) in [6.07, 6.45) is 1.39. The topological polar surface area (TPSA) is 99.4 Å². The first-order valence-electron chi connectivity index (χ1n) is 7.83. The zero-order valence-corrected chi connectivity index (χ0v) is 14.2. The number of benzene rings is 2. The van der Waals surface area contributed by atoms with Gasteiger partial charge in [-0.1, -0.05) is 17.7 Å². The van der Waals surface area contributed by atoms with Gasteiger partial charge in [0, 0.05) is 18.0 Å². The third-order valence-corrected chi connectivity index (χ3v) is 4.27. The number of nitro benzene ring substituents is 1. The Labute approximate surface area is 152 Å². The lowest BCUT2D eigenvalue weighted by molar-refractivity contribution is -0.384. The SMILES string of the molecule is O=[N+]([O-])c1cc2c(NCc3ccc4c(c3)OCCO4)ncnc2cc1Cl. The molecule has 2 heterocycles. The van der Waals surface area contributed by atoms with E-state index in [4.69, 9.17) is 21.1 Å². The van der Waals surface area contributed by atoms with Crippen molar-refractivity contribution in [2.45, 2.75) is 6.54 Å². The Morgan fingerprint density at radius 2 is 1.96 bits per heavy atom. The van der Waals surface area contributed by atoms with E-state index >= 15 is 0 Å². The van der Waals surface area contributed by atoms with Crippen LogP contribution in [0.3, 0.4) is 0 Å². The summed E-state index contributed by atoms with van der Waals surface area (Å²) in [7, 11) is 0. The molecule has 8 nitrogen and oxygen atoms in total. The van der Waals surface area contributed by atoms with Gasteiger partial charge in [0.2, 0.25) is 0 Å². The van der Waals surface area contributed by atoms with Crippen LogP contribution in [-0.4, -0.2) is 28.1 Å². The predicted molar refractivity (Wildman–Crippen MR) is 96.0 cm³/mol. The molecule has 0 unspecified atom stereocenters. The first-order valence-corrected chi connectivity index (χ1v) is 8.20. The molecule has 3 aromatic rings. The minimum atomic E-state index is -0.528. The van der Waals surface area contributed by atoms with Gasteiger partial charge in [0.1, 0.15) is 30.4 Å². The number of halogens is 1. The van der Waals surface area contributed by atoms with Crippen molar-refractivity contribution >= 4 is 34.0 Å². The molecular weight excluding hydrogens is 360 g/mol. The molecule has 0 amide bonds. The van der Waals surface area contributed by atoms with Crippen molar-refractivity contribution in [3.8, 4) is 11.5 Å². The van der Waals surface area contributed by atoms with E-state index in [0.717, 1.165) is 11.3 Å². The zero-order chi connectivity index (χ0) is 18.1. The molecule has 0 aliphatic carbocycles. The smallest absolute Gasteiger partial charge is 0.288 e. The number of nitro groups is 1. The summed E-state index contributed by atoms with van der Waals surface area (Å²) >= 11 is 5.94. The maximum atomic E-state index is 11.1. The molecule has 4 rings (SSSR count). The van der Waals surface area contributed by atoms with Gasteiger partial charge in [-0.15, -0.1) is 0 Å². The Balaban J connectivity index is 1.63. The van der Waals surface area contributed by atoms with Gasteiger partial charge in [0.25, 0.3) is 5.69 Å². The maximum absolute atomic E-state index is 11.1. The van der Waals surface area contributed by atoms with Crippen LogP contribution in [0.15, 0.2) is 36.7 Å². The molecule has 1 aliphatic heterocycles. The molecule has 9 heteroatoms. The molecule has 132 valence electrons. The standard InChI is InChI=1S/C17H13ClN4O4/c18-12-7-13-11(6-14(12)22(23)24)17(21-9-20-13)19-8-10-1-2-15-16(5-10)26-4-3-25-15/h1-2,5-7,9H,3-4,8H2,(H,19,20,21). The number of nitrogens with one attached hydrogen (secondary N) is 1. The van der Waals surface area contributed by atoms with Crippen LogP contribution >= 0.6 is 11.6 Å². The van der Waals surface area contributed by atoms with Crippen LogP contribution in [0.1, 0.15) is 5.56 Å². The molecular formula is C17H13ClN4O4. The Morgan fingerprint density at radius 1 is 1.15 bits per heavy atom. The summed E-state index contributed by atoms with van der Waals surface area (Å²) in [5, 5.41) is 14.9. The van der Waals surface area contributed by atoms with Crippen LogP contribution in [-0.2, 0) is 6.54 Å². The van der Waals surface area contributed by atoms with Crippen LogP contribution in [0.25, 0.3) is 10.9 Å². The van der Waals surface area contributed by atoms with E-state index in [1.54, 1.807) is 0 Å². The number of ether oxygens (including phenoxy) is 2. The lowest BCUT2D eigenvalue weighted by Crippen LogP contribution is -2.15. The summed E-state index contributed by atoms with van der Waals surface area (Å²) in [5.41, 5.74) is 1.31. The Morgan fingerprint density at radius 3 is 2.77 bits per heavy atom. The fourth-order valence-electron chi connectivity index (χ4n) is 2.73. The third-order valence-electron chi connectivity index (χ3n) is 3.97. The Hall–Kier alpha value is -3.13. The quantitative estimate of drug-likeness (QED) is 0.552. The molecule has 26 heavy (non-hydrogen) atoms. The van der Waals surface area contributed by atoms with E-state index in [0.29, 0.717) is 42.2 Å². The number of aromatic nitrogens is 2. The molecule has 0 radical (unpaired) electrons. The average Bonchev–Trinajstić information content (AvgIpc) is 2.65. The van der Waals surface area contributed by atoms with Crippen LogP contribution < -0.4 is 14.8 Å².